The van der Waals surface area contributed by atoms with Gasteiger partial charge in [-0.2, -0.15) is 5.26 Å². The Morgan fingerprint density at radius 1 is 1.33 bits per heavy atom. The van der Waals surface area contributed by atoms with E-state index in [4.69, 9.17) is 5.26 Å². The van der Waals surface area contributed by atoms with E-state index in [1.807, 2.05) is 6.92 Å². The summed E-state index contributed by atoms with van der Waals surface area (Å²) in [4.78, 5) is 0. The van der Waals surface area contributed by atoms with Gasteiger partial charge in [0.1, 0.15) is 6.07 Å². The fourth-order valence-electron chi connectivity index (χ4n) is 0.931. The van der Waals surface area contributed by atoms with Crippen molar-refractivity contribution in [1.29, 1.82) is 5.26 Å². The van der Waals surface area contributed by atoms with Crippen molar-refractivity contribution in [2.75, 3.05) is 0 Å². The van der Waals surface area contributed by atoms with Crippen molar-refractivity contribution in [3.8, 4) is 6.07 Å². The molecule has 0 N–H and O–H groups in total. The molecule has 0 spiro atoms. The third-order valence-electron chi connectivity index (χ3n) is 1.80. The predicted molar refractivity (Wildman–Crippen MR) is 45.3 cm³/mol. The van der Waals surface area contributed by atoms with Gasteiger partial charge < -0.3 is 0 Å². The van der Waals surface area contributed by atoms with Gasteiger partial charge in [0.15, 0.2) is 0 Å². The van der Waals surface area contributed by atoms with Crippen LogP contribution < -0.4 is 0 Å². The molecule has 1 atom stereocenters. The first-order chi connectivity index (χ1) is 5.56. The van der Waals surface area contributed by atoms with Crippen molar-refractivity contribution >= 4 is 0 Å². The summed E-state index contributed by atoms with van der Waals surface area (Å²) < 4.78 is 13.3. The van der Waals surface area contributed by atoms with Gasteiger partial charge in [-0.1, -0.05) is 29.8 Å². The van der Waals surface area contributed by atoms with E-state index >= 15 is 0 Å². The predicted octanol–water partition coefficient (Wildman–Crippen LogP) is 2.70. The largest absolute Gasteiger partial charge is 0.222 e. The minimum absolute atomic E-state index is 0.413. The van der Waals surface area contributed by atoms with Gasteiger partial charge in [-0.3, -0.25) is 0 Å². The second-order valence-corrected chi connectivity index (χ2v) is 2.98. The molecule has 1 rings (SSSR count). The molecule has 0 saturated heterocycles. The fraction of sp³-hybridized carbons (Fsp3) is 0.300. The molecule has 1 nitrogen and oxygen atoms in total. The van der Waals surface area contributed by atoms with E-state index in [0.717, 1.165) is 5.56 Å². The monoisotopic (exact) mass is 163 g/mol. The van der Waals surface area contributed by atoms with Crippen molar-refractivity contribution in [3.05, 3.63) is 35.4 Å². The van der Waals surface area contributed by atoms with Crippen LogP contribution in [0, 0.1) is 18.3 Å². The Bertz CT molecular complexity index is 306. The molecule has 0 bridgehead atoms. The molecule has 0 saturated carbocycles. The van der Waals surface area contributed by atoms with Gasteiger partial charge in [0.2, 0.25) is 5.67 Å². The molecule has 1 unspecified atom stereocenters. The molecule has 0 heterocycles. The quantitative estimate of drug-likeness (QED) is 0.624. The summed E-state index contributed by atoms with van der Waals surface area (Å²) in [6, 6.07) is 8.48. The summed E-state index contributed by atoms with van der Waals surface area (Å²) in [7, 11) is 0. The maximum Gasteiger partial charge on any atom is 0.218 e. The molecular formula is C10H10FN. The van der Waals surface area contributed by atoms with Crippen molar-refractivity contribution < 1.29 is 4.39 Å². The average Bonchev–Trinajstić information content (AvgIpc) is 2.05. The van der Waals surface area contributed by atoms with E-state index in [1.165, 1.54) is 6.92 Å². The van der Waals surface area contributed by atoms with Gasteiger partial charge in [-0.25, -0.2) is 4.39 Å². The molecule has 1 aromatic rings. The van der Waals surface area contributed by atoms with Crippen LogP contribution in [0.2, 0.25) is 0 Å². The highest BCUT2D eigenvalue weighted by Crippen LogP contribution is 2.24. The lowest BCUT2D eigenvalue weighted by molar-refractivity contribution is 0.274. The van der Waals surface area contributed by atoms with E-state index in [0.29, 0.717) is 5.56 Å². The second kappa shape index (κ2) is 2.94. The molecule has 62 valence electrons. The first kappa shape index (κ1) is 8.73. The topological polar surface area (TPSA) is 23.8 Å². The Morgan fingerprint density at radius 2 is 1.83 bits per heavy atom. The molecule has 0 radical (unpaired) electrons. The third kappa shape index (κ3) is 1.62. The smallest absolute Gasteiger partial charge is 0.218 e. The Morgan fingerprint density at radius 3 is 2.25 bits per heavy atom. The number of halogens is 1. The van der Waals surface area contributed by atoms with Crippen LogP contribution in [0.5, 0.6) is 0 Å². The minimum Gasteiger partial charge on any atom is -0.222 e. The first-order valence-corrected chi connectivity index (χ1v) is 3.73. The summed E-state index contributed by atoms with van der Waals surface area (Å²) in [6.45, 7) is 3.18. The number of hydrogen-bond acceptors (Lipinski definition) is 1. The molecule has 0 fully saturated rings. The number of aryl methyl sites for hydroxylation is 1. The molecule has 0 amide bonds. The lowest BCUT2D eigenvalue weighted by atomic mass is 9.99. The highest BCUT2D eigenvalue weighted by atomic mass is 19.1. The van der Waals surface area contributed by atoms with Crippen LogP contribution >= 0.6 is 0 Å². The zero-order valence-electron chi connectivity index (χ0n) is 7.13. The van der Waals surface area contributed by atoms with Gasteiger partial charge in [0.25, 0.3) is 0 Å². The lowest BCUT2D eigenvalue weighted by Crippen LogP contribution is -2.11. The fourth-order valence-corrected chi connectivity index (χ4v) is 0.931. The first-order valence-electron chi connectivity index (χ1n) is 3.73. The molecule has 0 aromatic heterocycles. The van der Waals surface area contributed by atoms with Gasteiger partial charge in [-0.15, -0.1) is 0 Å². The van der Waals surface area contributed by atoms with Crippen LogP contribution in [0.4, 0.5) is 4.39 Å². The highest BCUT2D eigenvalue weighted by Gasteiger charge is 2.24. The number of hydrogen-bond donors (Lipinski definition) is 0. The Balaban J connectivity index is 3.07. The molecule has 0 aliphatic rings. The summed E-state index contributed by atoms with van der Waals surface area (Å²) >= 11 is 0. The van der Waals surface area contributed by atoms with E-state index in [1.54, 1.807) is 30.3 Å². The maximum atomic E-state index is 13.3. The normalized spacial score (nSPS) is 14.8. The number of rotatable bonds is 1. The summed E-state index contributed by atoms with van der Waals surface area (Å²) in [5.74, 6) is 0. The van der Waals surface area contributed by atoms with Crippen molar-refractivity contribution in [3.63, 3.8) is 0 Å². The van der Waals surface area contributed by atoms with Gasteiger partial charge in [-0.05, 0) is 13.8 Å². The summed E-state index contributed by atoms with van der Waals surface area (Å²) in [5.41, 5.74) is -0.392. The minimum atomic E-state index is -1.87. The van der Waals surface area contributed by atoms with Crippen LogP contribution in [0.25, 0.3) is 0 Å². The van der Waals surface area contributed by atoms with E-state index in [2.05, 4.69) is 0 Å². The Labute approximate surface area is 71.4 Å². The molecule has 2 heteroatoms. The highest BCUT2D eigenvalue weighted by molar-refractivity contribution is 5.30. The van der Waals surface area contributed by atoms with E-state index in [9.17, 15) is 4.39 Å². The van der Waals surface area contributed by atoms with Gasteiger partial charge in [0, 0.05) is 5.56 Å². The maximum absolute atomic E-state index is 13.3. The molecule has 0 aliphatic heterocycles. The molecular weight excluding hydrogens is 153 g/mol. The second-order valence-electron chi connectivity index (χ2n) is 2.98. The van der Waals surface area contributed by atoms with Crippen molar-refractivity contribution in [2.24, 2.45) is 0 Å². The molecule has 0 aliphatic carbocycles. The van der Waals surface area contributed by atoms with Crippen LogP contribution in [0.15, 0.2) is 24.3 Å². The summed E-state index contributed by atoms with van der Waals surface area (Å²) in [5, 5.41) is 8.49. The zero-order chi connectivity index (χ0) is 9.19. The SMILES string of the molecule is Cc1ccc(C(C)(F)C#N)cc1. The molecule has 1 aromatic carbocycles. The van der Waals surface area contributed by atoms with Crippen molar-refractivity contribution in [1.82, 2.24) is 0 Å². The number of nitrogens with zero attached hydrogens (tertiary/aromatic N) is 1. The van der Waals surface area contributed by atoms with Crippen LogP contribution in [0.3, 0.4) is 0 Å². The third-order valence-corrected chi connectivity index (χ3v) is 1.80. The number of alkyl halides is 1. The molecule has 12 heavy (non-hydrogen) atoms. The van der Waals surface area contributed by atoms with Gasteiger partial charge in [0.05, 0.1) is 0 Å². The van der Waals surface area contributed by atoms with Crippen LogP contribution in [-0.2, 0) is 5.67 Å². The number of benzene rings is 1. The summed E-state index contributed by atoms with van der Waals surface area (Å²) in [6.07, 6.45) is 0. The lowest BCUT2D eigenvalue weighted by Gasteiger charge is -2.10. The number of nitriles is 1. The van der Waals surface area contributed by atoms with E-state index in [-0.39, 0.29) is 0 Å². The average molecular weight is 163 g/mol. The van der Waals surface area contributed by atoms with Crippen LogP contribution in [0.1, 0.15) is 18.1 Å². The van der Waals surface area contributed by atoms with E-state index < -0.39 is 5.67 Å². The Hall–Kier alpha value is -1.36. The Kier molecular flexibility index (Phi) is 2.14. The standard InChI is InChI=1S/C10H10FN/c1-8-3-5-9(6-4-8)10(2,11)7-12/h3-6H,1-2H3. The zero-order valence-corrected chi connectivity index (χ0v) is 7.13. The van der Waals surface area contributed by atoms with Crippen molar-refractivity contribution in [2.45, 2.75) is 19.5 Å². The van der Waals surface area contributed by atoms with Gasteiger partial charge >= 0.3 is 0 Å². The van der Waals surface area contributed by atoms with Crippen LogP contribution in [-0.4, -0.2) is 0 Å².